The summed E-state index contributed by atoms with van der Waals surface area (Å²) in [5.41, 5.74) is 1.98. The van der Waals surface area contributed by atoms with Crippen molar-refractivity contribution in [3.8, 4) is 11.5 Å². The van der Waals surface area contributed by atoms with Crippen molar-refractivity contribution in [3.63, 3.8) is 0 Å². The van der Waals surface area contributed by atoms with Gasteiger partial charge in [-0.15, -0.1) is 0 Å². The Kier molecular flexibility index (Phi) is 4.32. The van der Waals surface area contributed by atoms with Gasteiger partial charge in [0.05, 0.1) is 11.3 Å². The van der Waals surface area contributed by atoms with Gasteiger partial charge < -0.3 is 20.1 Å². The number of carbonyl (C=O) groups is 1. The van der Waals surface area contributed by atoms with E-state index < -0.39 is 0 Å². The highest BCUT2D eigenvalue weighted by Crippen LogP contribution is 2.34. The zero-order chi connectivity index (χ0) is 16.2. The van der Waals surface area contributed by atoms with Crippen LogP contribution >= 0.6 is 0 Å². The van der Waals surface area contributed by atoms with Crippen LogP contribution in [0.1, 0.15) is 24.2 Å². The molecule has 1 aliphatic heterocycles. The molecule has 6 heteroatoms. The molecule has 0 aliphatic carbocycles. The summed E-state index contributed by atoms with van der Waals surface area (Å²) in [5.74, 6) is 1.61. The molecule has 120 valence electrons. The van der Waals surface area contributed by atoms with Crippen molar-refractivity contribution in [2.45, 2.75) is 13.8 Å². The van der Waals surface area contributed by atoms with Crippen LogP contribution in [-0.2, 0) is 0 Å². The molecule has 2 aromatic rings. The molecule has 2 N–H and O–H groups in total. The highest BCUT2D eigenvalue weighted by Gasteiger charge is 2.15. The molecule has 6 nitrogen and oxygen atoms in total. The Balaban J connectivity index is 1.69. The highest BCUT2D eigenvalue weighted by atomic mass is 16.7. The van der Waals surface area contributed by atoms with E-state index in [9.17, 15) is 4.79 Å². The van der Waals surface area contributed by atoms with Gasteiger partial charge in [-0.3, -0.25) is 9.78 Å². The van der Waals surface area contributed by atoms with Crippen LogP contribution in [-0.4, -0.2) is 24.2 Å². The molecule has 1 aromatic heterocycles. The van der Waals surface area contributed by atoms with Gasteiger partial charge in [0.2, 0.25) is 6.79 Å². The van der Waals surface area contributed by atoms with E-state index in [1.807, 2.05) is 0 Å². The molecule has 0 bridgehead atoms. The van der Waals surface area contributed by atoms with Crippen LogP contribution in [0.5, 0.6) is 11.5 Å². The van der Waals surface area contributed by atoms with Crippen LogP contribution in [0.4, 0.5) is 11.4 Å². The number of benzene rings is 1. The lowest BCUT2D eigenvalue weighted by atomic mass is 10.2. The number of anilines is 2. The van der Waals surface area contributed by atoms with Gasteiger partial charge in [0.25, 0.3) is 5.91 Å². The monoisotopic (exact) mass is 313 g/mol. The van der Waals surface area contributed by atoms with E-state index in [4.69, 9.17) is 9.47 Å². The fraction of sp³-hybridized carbons (Fsp3) is 0.294. The lowest BCUT2D eigenvalue weighted by molar-refractivity contribution is 0.102. The van der Waals surface area contributed by atoms with E-state index in [1.165, 1.54) is 0 Å². The van der Waals surface area contributed by atoms with Gasteiger partial charge in [0.15, 0.2) is 11.5 Å². The molecule has 1 aromatic carbocycles. The smallest absolute Gasteiger partial charge is 0.257 e. The van der Waals surface area contributed by atoms with Gasteiger partial charge in [-0.2, -0.15) is 0 Å². The lowest BCUT2D eigenvalue weighted by Crippen LogP contribution is -2.13. The molecule has 1 amide bonds. The number of nitrogens with one attached hydrogen (secondary N) is 2. The number of amides is 1. The number of aromatic nitrogens is 1. The van der Waals surface area contributed by atoms with Crippen LogP contribution < -0.4 is 20.1 Å². The molecule has 0 saturated carbocycles. The first kappa shape index (κ1) is 15.1. The zero-order valence-electron chi connectivity index (χ0n) is 13.1. The largest absolute Gasteiger partial charge is 0.454 e. The normalized spacial score (nSPS) is 12.3. The molecule has 0 spiro atoms. The SMILES string of the molecule is CC(C)CNc1cncc(C(=O)Nc2ccc3c(c2)OCO3)c1. The second kappa shape index (κ2) is 6.56. The summed E-state index contributed by atoms with van der Waals surface area (Å²) in [6, 6.07) is 7.09. The number of hydrogen-bond donors (Lipinski definition) is 2. The highest BCUT2D eigenvalue weighted by molar-refractivity contribution is 6.04. The van der Waals surface area contributed by atoms with Gasteiger partial charge in [0, 0.05) is 30.7 Å². The maximum Gasteiger partial charge on any atom is 0.257 e. The summed E-state index contributed by atoms with van der Waals surface area (Å²) in [6.07, 6.45) is 3.25. The maximum absolute atomic E-state index is 12.4. The molecular formula is C17H19N3O3. The molecule has 0 fully saturated rings. The van der Waals surface area contributed by atoms with Crippen molar-refractivity contribution in [3.05, 3.63) is 42.2 Å². The van der Waals surface area contributed by atoms with Crippen LogP contribution in [0.2, 0.25) is 0 Å². The van der Waals surface area contributed by atoms with Gasteiger partial charge in [0.1, 0.15) is 0 Å². The minimum Gasteiger partial charge on any atom is -0.454 e. The molecule has 2 heterocycles. The van der Waals surface area contributed by atoms with Crippen LogP contribution in [0.25, 0.3) is 0 Å². The maximum atomic E-state index is 12.4. The van der Waals surface area contributed by atoms with E-state index >= 15 is 0 Å². The van der Waals surface area contributed by atoms with Crippen molar-refractivity contribution in [1.29, 1.82) is 0 Å². The average molecular weight is 313 g/mol. The summed E-state index contributed by atoms with van der Waals surface area (Å²) >= 11 is 0. The topological polar surface area (TPSA) is 72.5 Å². The van der Waals surface area contributed by atoms with E-state index in [0.717, 1.165) is 12.2 Å². The number of nitrogens with zero attached hydrogens (tertiary/aromatic N) is 1. The van der Waals surface area contributed by atoms with E-state index in [-0.39, 0.29) is 12.7 Å². The number of rotatable bonds is 5. The minimum absolute atomic E-state index is 0.209. The first-order valence-corrected chi connectivity index (χ1v) is 7.52. The molecular weight excluding hydrogens is 294 g/mol. The average Bonchev–Trinajstić information content (AvgIpc) is 3.01. The van der Waals surface area contributed by atoms with E-state index in [1.54, 1.807) is 36.7 Å². The molecule has 0 saturated heterocycles. The summed E-state index contributed by atoms with van der Waals surface area (Å²) < 4.78 is 10.6. The predicted molar refractivity (Wildman–Crippen MR) is 88.1 cm³/mol. The quantitative estimate of drug-likeness (QED) is 0.887. The Bertz CT molecular complexity index is 716. The molecule has 0 radical (unpaired) electrons. The van der Waals surface area contributed by atoms with Crippen molar-refractivity contribution >= 4 is 17.3 Å². The number of pyridine rings is 1. The molecule has 0 atom stereocenters. The molecule has 23 heavy (non-hydrogen) atoms. The first-order valence-electron chi connectivity index (χ1n) is 7.52. The fourth-order valence-electron chi connectivity index (χ4n) is 2.16. The zero-order valence-corrected chi connectivity index (χ0v) is 13.1. The molecule has 1 aliphatic rings. The van der Waals surface area contributed by atoms with Crippen LogP contribution in [0.3, 0.4) is 0 Å². The van der Waals surface area contributed by atoms with Crippen molar-refractivity contribution in [1.82, 2.24) is 4.98 Å². The molecule has 0 unspecified atom stereocenters. The van der Waals surface area contributed by atoms with Crippen LogP contribution in [0.15, 0.2) is 36.7 Å². The number of carbonyl (C=O) groups excluding carboxylic acids is 1. The second-order valence-corrected chi connectivity index (χ2v) is 5.76. The Hall–Kier alpha value is -2.76. The minimum atomic E-state index is -0.218. The third kappa shape index (κ3) is 3.71. The Morgan fingerprint density at radius 1 is 1.17 bits per heavy atom. The van der Waals surface area contributed by atoms with Crippen molar-refractivity contribution in [2.24, 2.45) is 5.92 Å². The van der Waals surface area contributed by atoms with Gasteiger partial charge in [-0.05, 0) is 24.1 Å². The molecule has 3 rings (SSSR count). The lowest BCUT2D eigenvalue weighted by Gasteiger charge is -2.10. The van der Waals surface area contributed by atoms with Crippen molar-refractivity contribution < 1.29 is 14.3 Å². The Morgan fingerprint density at radius 2 is 2.00 bits per heavy atom. The predicted octanol–water partition coefficient (Wildman–Crippen LogP) is 3.13. The summed E-state index contributed by atoms with van der Waals surface area (Å²) in [7, 11) is 0. The third-order valence-corrected chi connectivity index (χ3v) is 3.35. The number of fused-ring (bicyclic) bond motifs is 1. The summed E-state index contributed by atoms with van der Waals surface area (Å²) in [6.45, 7) is 5.28. The summed E-state index contributed by atoms with van der Waals surface area (Å²) in [5, 5.41) is 6.10. The van der Waals surface area contributed by atoms with E-state index in [0.29, 0.717) is 28.7 Å². The Labute approximate surface area is 134 Å². The van der Waals surface area contributed by atoms with Crippen LogP contribution in [0, 0.1) is 5.92 Å². The second-order valence-electron chi connectivity index (χ2n) is 5.76. The van der Waals surface area contributed by atoms with Gasteiger partial charge >= 0.3 is 0 Å². The fourth-order valence-corrected chi connectivity index (χ4v) is 2.16. The van der Waals surface area contributed by atoms with E-state index in [2.05, 4.69) is 29.5 Å². The number of ether oxygens (including phenoxy) is 2. The number of hydrogen-bond acceptors (Lipinski definition) is 5. The van der Waals surface area contributed by atoms with Gasteiger partial charge in [-0.1, -0.05) is 13.8 Å². The standard InChI is InChI=1S/C17H19N3O3/c1-11(2)7-19-14-5-12(8-18-9-14)17(21)20-13-3-4-15-16(6-13)23-10-22-15/h3-6,8-9,11,19H,7,10H2,1-2H3,(H,20,21). The van der Waals surface area contributed by atoms with Crippen molar-refractivity contribution in [2.75, 3.05) is 24.0 Å². The third-order valence-electron chi connectivity index (χ3n) is 3.35. The Morgan fingerprint density at radius 3 is 2.83 bits per heavy atom. The first-order chi connectivity index (χ1) is 11.1. The van der Waals surface area contributed by atoms with Gasteiger partial charge in [-0.25, -0.2) is 0 Å². The summed E-state index contributed by atoms with van der Waals surface area (Å²) in [4.78, 5) is 16.5.